The van der Waals surface area contributed by atoms with E-state index in [0.29, 0.717) is 36.0 Å². The maximum atomic E-state index is 13.1. The maximum Gasteiger partial charge on any atom is 0.263 e. The normalized spacial score (nSPS) is 23.0. The van der Waals surface area contributed by atoms with Crippen LogP contribution in [0.4, 0.5) is 0 Å². The van der Waals surface area contributed by atoms with Crippen LogP contribution in [0.5, 0.6) is 0 Å². The number of piperidine rings is 1. The number of nitrogens with one attached hydrogen (secondary N) is 1. The zero-order valence-corrected chi connectivity index (χ0v) is 18.0. The van der Waals surface area contributed by atoms with Crippen molar-refractivity contribution in [1.82, 2.24) is 24.9 Å². The average Bonchev–Trinajstić information content (AvgIpc) is 3.40. The van der Waals surface area contributed by atoms with Crippen LogP contribution in [-0.4, -0.2) is 45.7 Å². The topological polar surface area (TPSA) is 93.3 Å². The van der Waals surface area contributed by atoms with Crippen LogP contribution < -0.4 is 10.9 Å². The van der Waals surface area contributed by atoms with Crippen LogP contribution in [0.25, 0.3) is 0 Å². The van der Waals surface area contributed by atoms with Gasteiger partial charge in [0, 0.05) is 37.7 Å². The van der Waals surface area contributed by atoms with Crippen molar-refractivity contribution in [3.8, 4) is 0 Å². The fourth-order valence-corrected chi connectivity index (χ4v) is 5.11. The molecule has 4 heterocycles. The number of nitrogens with zero attached hydrogens (tertiary/aromatic N) is 4. The second-order valence-corrected chi connectivity index (χ2v) is 8.74. The molecule has 2 fully saturated rings. The summed E-state index contributed by atoms with van der Waals surface area (Å²) in [6.07, 6.45) is 5.67. The van der Waals surface area contributed by atoms with Gasteiger partial charge in [-0.05, 0) is 43.9 Å². The Bertz CT molecular complexity index is 981. The minimum atomic E-state index is -0.300. The van der Waals surface area contributed by atoms with Crippen LogP contribution in [0.1, 0.15) is 71.7 Å². The van der Waals surface area contributed by atoms with E-state index < -0.39 is 0 Å². The molecule has 1 saturated carbocycles. The predicted octanol–water partition coefficient (Wildman–Crippen LogP) is 2.29. The van der Waals surface area contributed by atoms with Crippen LogP contribution >= 0.6 is 12.4 Å². The summed E-state index contributed by atoms with van der Waals surface area (Å²) >= 11 is 0. The summed E-state index contributed by atoms with van der Waals surface area (Å²) in [6, 6.07) is 3.63. The van der Waals surface area contributed by atoms with E-state index in [4.69, 9.17) is 4.52 Å². The molecule has 0 aromatic carbocycles. The molecule has 1 saturated heterocycles. The number of carbonyl (C=O) groups excluding carboxylic acids is 1. The number of carbonyl (C=O) groups is 1. The van der Waals surface area contributed by atoms with Gasteiger partial charge in [0.25, 0.3) is 11.5 Å². The lowest BCUT2D eigenvalue weighted by atomic mass is 9.84. The summed E-state index contributed by atoms with van der Waals surface area (Å²) in [4.78, 5) is 32.0. The highest BCUT2D eigenvalue weighted by Gasteiger charge is 2.32. The van der Waals surface area contributed by atoms with Crippen LogP contribution in [0.15, 0.2) is 21.5 Å². The minimum Gasteiger partial charge on any atom is -0.339 e. The molecular weight excluding hydrogens is 406 g/mol. The van der Waals surface area contributed by atoms with Crippen molar-refractivity contribution < 1.29 is 9.32 Å². The van der Waals surface area contributed by atoms with Gasteiger partial charge in [0.15, 0.2) is 5.82 Å². The molecule has 3 aliphatic rings. The summed E-state index contributed by atoms with van der Waals surface area (Å²) in [6.45, 7) is 2.73. The number of halogens is 1. The van der Waals surface area contributed by atoms with Gasteiger partial charge < -0.3 is 19.3 Å². The third-order valence-corrected chi connectivity index (χ3v) is 6.65. The van der Waals surface area contributed by atoms with Gasteiger partial charge in [0.1, 0.15) is 5.56 Å². The second-order valence-electron chi connectivity index (χ2n) is 8.74. The summed E-state index contributed by atoms with van der Waals surface area (Å²) in [5, 5.41) is 7.48. The Morgan fingerprint density at radius 3 is 2.87 bits per heavy atom. The number of aromatic nitrogens is 3. The minimum absolute atomic E-state index is 0. The van der Waals surface area contributed by atoms with Crippen LogP contribution in [-0.2, 0) is 13.1 Å². The van der Waals surface area contributed by atoms with E-state index in [1.54, 1.807) is 13.1 Å². The first-order valence-corrected chi connectivity index (χ1v) is 10.6. The predicted molar refractivity (Wildman–Crippen MR) is 113 cm³/mol. The van der Waals surface area contributed by atoms with Crippen molar-refractivity contribution in [3.05, 3.63) is 45.5 Å². The summed E-state index contributed by atoms with van der Waals surface area (Å²) in [5.41, 5.74) is 1.07. The lowest BCUT2D eigenvalue weighted by molar-refractivity contribution is 0.0777. The molecule has 5 rings (SSSR count). The van der Waals surface area contributed by atoms with Crippen LogP contribution in [0, 0.1) is 5.92 Å². The van der Waals surface area contributed by atoms with Gasteiger partial charge in [-0.1, -0.05) is 18.0 Å². The van der Waals surface area contributed by atoms with Crippen molar-refractivity contribution in [1.29, 1.82) is 0 Å². The summed E-state index contributed by atoms with van der Waals surface area (Å²) in [5.74, 6) is 2.01. The molecule has 1 N–H and O–H groups in total. The molecule has 2 bridgehead atoms. The van der Waals surface area contributed by atoms with E-state index in [2.05, 4.69) is 15.5 Å². The monoisotopic (exact) mass is 433 g/mol. The van der Waals surface area contributed by atoms with E-state index in [9.17, 15) is 9.59 Å². The first kappa shape index (κ1) is 21.1. The number of amides is 1. The summed E-state index contributed by atoms with van der Waals surface area (Å²) in [7, 11) is 1.68. The number of rotatable bonds is 4. The quantitative estimate of drug-likeness (QED) is 0.795. The van der Waals surface area contributed by atoms with E-state index in [-0.39, 0.29) is 36.0 Å². The fourth-order valence-electron chi connectivity index (χ4n) is 5.11. The standard InChI is InChI=1S/C21H27N5O3.ClH/c1-25(12-18-23-19(29-24-18)14-4-2-3-5-14)20(27)16-6-7-17-15-8-13(9-22-10-15)11-26(17)21(16)28;/h6-7,13-15,22H,2-5,8-12H2,1H3;1H/t13-,15+;/m0./s1. The Labute approximate surface area is 181 Å². The molecule has 162 valence electrons. The van der Waals surface area contributed by atoms with Crippen molar-refractivity contribution in [2.24, 2.45) is 5.92 Å². The lowest BCUT2D eigenvalue weighted by Crippen LogP contribution is -2.46. The smallest absolute Gasteiger partial charge is 0.263 e. The molecule has 0 spiro atoms. The summed E-state index contributed by atoms with van der Waals surface area (Å²) < 4.78 is 7.22. The average molecular weight is 434 g/mol. The molecule has 2 aromatic heterocycles. The Kier molecular flexibility index (Phi) is 5.97. The van der Waals surface area contributed by atoms with Gasteiger partial charge in [0.2, 0.25) is 5.89 Å². The van der Waals surface area contributed by atoms with E-state index in [1.165, 1.54) is 17.7 Å². The van der Waals surface area contributed by atoms with Gasteiger partial charge in [0.05, 0.1) is 6.54 Å². The highest BCUT2D eigenvalue weighted by molar-refractivity contribution is 5.93. The van der Waals surface area contributed by atoms with Gasteiger partial charge in [-0.25, -0.2) is 0 Å². The van der Waals surface area contributed by atoms with E-state index >= 15 is 0 Å². The van der Waals surface area contributed by atoms with Crippen LogP contribution in [0.2, 0.25) is 0 Å². The van der Waals surface area contributed by atoms with Gasteiger partial charge in [-0.3, -0.25) is 9.59 Å². The molecule has 1 aliphatic carbocycles. The molecule has 0 unspecified atom stereocenters. The number of fused-ring (bicyclic) bond motifs is 4. The lowest BCUT2D eigenvalue weighted by Gasteiger charge is -2.37. The fraction of sp³-hybridized carbons (Fsp3) is 0.619. The van der Waals surface area contributed by atoms with Gasteiger partial charge >= 0.3 is 0 Å². The molecular formula is C21H28ClN5O3. The number of hydrogen-bond donors (Lipinski definition) is 1. The van der Waals surface area contributed by atoms with E-state index in [1.807, 2.05) is 10.6 Å². The molecule has 1 amide bonds. The largest absolute Gasteiger partial charge is 0.339 e. The Hall–Kier alpha value is -2.19. The number of hydrogen-bond acceptors (Lipinski definition) is 6. The molecule has 8 nitrogen and oxygen atoms in total. The molecule has 2 atom stereocenters. The molecule has 2 aliphatic heterocycles. The van der Waals surface area contributed by atoms with Crippen LogP contribution in [0.3, 0.4) is 0 Å². The van der Waals surface area contributed by atoms with Crippen molar-refractivity contribution in [2.45, 2.75) is 57.0 Å². The van der Waals surface area contributed by atoms with Crippen molar-refractivity contribution in [3.63, 3.8) is 0 Å². The Morgan fingerprint density at radius 2 is 2.07 bits per heavy atom. The third-order valence-electron chi connectivity index (χ3n) is 6.65. The molecule has 2 aromatic rings. The maximum absolute atomic E-state index is 13.1. The van der Waals surface area contributed by atoms with Gasteiger partial charge in [-0.2, -0.15) is 4.98 Å². The first-order valence-electron chi connectivity index (χ1n) is 10.6. The zero-order chi connectivity index (χ0) is 20.0. The zero-order valence-electron chi connectivity index (χ0n) is 17.2. The Morgan fingerprint density at radius 1 is 1.27 bits per heavy atom. The first-order chi connectivity index (χ1) is 14.1. The third kappa shape index (κ3) is 3.78. The highest BCUT2D eigenvalue weighted by Crippen LogP contribution is 2.33. The second kappa shape index (κ2) is 8.51. The Balaban J connectivity index is 0.00000218. The highest BCUT2D eigenvalue weighted by atomic mass is 35.5. The molecule has 9 heteroatoms. The number of pyridine rings is 1. The molecule has 30 heavy (non-hydrogen) atoms. The van der Waals surface area contributed by atoms with Gasteiger partial charge in [-0.15, -0.1) is 12.4 Å². The van der Waals surface area contributed by atoms with Crippen molar-refractivity contribution in [2.75, 3.05) is 20.1 Å². The molecule has 0 radical (unpaired) electrons. The van der Waals surface area contributed by atoms with Crippen molar-refractivity contribution >= 4 is 18.3 Å². The SMILES string of the molecule is CN(Cc1noc(C2CCCC2)n1)C(=O)c1ccc2n(c1=O)C[C@@H]1CNC[C@H]2C1.Cl. The van der Waals surface area contributed by atoms with E-state index in [0.717, 1.165) is 38.0 Å².